The summed E-state index contributed by atoms with van der Waals surface area (Å²) in [6, 6.07) is 11.6. The maximum Gasteiger partial charge on any atom is 0.249 e. The fourth-order valence-electron chi connectivity index (χ4n) is 3.37. The number of primary amides is 1. The van der Waals surface area contributed by atoms with Gasteiger partial charge in [0.15, 0.2) is 0 Å². The molecule has 0 aliphatic rings. The van der Waals surface area contributed by atoms with E-state index in [0.717, 1.165) is 0 Å². The van der Waals surface area contributed by atoms with Crippen molar-refractivity contribution in [1.29, 1.82) is 0 Å². The summed E-state index contributed by atoms with van der Waals surface area (Å²) in [6.45, 7) is 0. The zero-order valence-electron chi connectivity index (χ0n) is 16.9. The van der Waals surface area contributed by atoms with E-state index in [1.807, 2.05) is 0 Å². The molecule has 9 heteroatoms. The molecule has 0 unspecified atom stereocenters. The lowest BCUT2D eigenvalue weighted by Crippen LogP contribution is -2.16. The van der Waals surface area contributed by atoms with Gasteiger partial charge in [-0.3, -0.25) is 4.79 Å². The first kappa shape index (κ1) is 21.9. The second-order valence-electron chi connectivity index (χ2n) is 7.15. The van der Waals surface area contributed by atoms with Crippen molar-refractivity contribution >= 4 is 17.5 Å². The number of amides is 1. The second-order valence-corrected chi connectivity index (χ2v) is 7.15. The highest BCUT2D eigenvalue weighted by molar-refractivity contribution is 5.96. The van der Waals surface area contributed by atoms with Crippen LogP contribution in [0.3, 0.4) is 0 Å². The van der Waals surface area contributed by atoms with Crippen LogP contribution in [0.4, 0.5) is 29.2 Å². The third kappa shape index (κ3) is 4.82. The van der Waals surface area contributed by atoms with Crippen LogP contribution in [0.2, 0.25) is 0 Å². The normalized spacial score (nSPS) is 10.8. The van der Waals surface area contributed by atoms with Crippen molar-refractivity contribution in [2.75, 3.05) is 5.32 Å². The van der Waals surface area contributed by atoms with Crippen molar-refractivity contribution in [2.45, 2.75) is 6.42 Å². The van der Waals surface area contributed by atoms with Gasteiger partial charge in [0.25, 0.3) is 0 Å². The van der Waals surface area contributed by atoms with Crippen LogP contribution in [0.25, 0.3) is 11.1 Å². The average Bonchev–Trinajstić information content (AvgIpc) is 2.77. The molecule has 4 rings (SSSR count). The average molecular weight is 452 g/mol. The van der Waals surface area contributed by atoms with E-state index in [-0.39, 0.29) is 29.2 Å². The van der Waals surface area contributed by atoms with Gasteiger partial charge in [-0.2, -0.15) is 0 Å². The van der Waals surface area contributed by atoms with Gasteiger partial charge in [0.05, 0.1) is 0 Å². The summed E-state index contributed by atoms with van der Waals surface area (Å²) in [6.07, 6.45) is 2.57. The lowest BCUT2D eigenvalue weighted by atomic mass is 9.96. The van der Waals surface area contributed by atoms with Gasteiger partial charge in [0, 0.05) is 53.3 Å². The van der Waals surface area contributed by atoms with E-state index in [2.05, 4.69) is 15.3 Å². The Hall–Kier alpha value is -4.27. The SMILES string of the molecule is NC(=O)c1cccc(Nc2ncc(-c3cccc(F)c3)cn2)c1Cc1c(F)cc(F)cc1F. The zero-order valence-corrected chi connectivity index (χ0v) is 16.9. The number of anilines is 2. The fourth-order valence-corrected chi connectivity index (χ4v) is 3.37. The van der Waals surface area contributed by atoms with Gasteiger partial charge in [0.1, 0.15) is 23.3 Å². The number of aromatic nitrogens is 2. The van der Waals surface area contributed by atoms with Gasteiger partial charge in [-0.25, -0.2) is 27.5 Å². The molecule has 1 aromatic heterocycles. The number of carbonyl (C=O) groups excluding carboxylic acids is 1. The number of rotatable bonds is 6. The minimum atomic E-state index is -1.09. The van der Waals surface area contributed by atoms with Crippen molar-refractivity contribution in [3.8, 4) is 11.1 Å². The topological polar surface area (TPSA) is 80.9 Å². The van der Waals surface area contributed by atoms with Crippen LogP contribution in [-0.2, 0) is 6.42 Å². The van der Waals surface area contributed by atoms with E-state index in [1.165, 1.54) is 36.7 Å². The minimum Gasteiger partial charge on any atom is -0.366 e. The molecule has 0 aliphatic heterocycles. The molecule has 1 heterocycles. The van der Waals surface area contributed by atoms with Gasteiger partial charge in [-0.05, 0) is 35.4 Å². The molecule has 0 bridgehead atoms. The van der Waals surface area contributed by atoms with Crippen LogP contribution in [-0.4, -0.2) is 15.9 Å². The molecular formula is C24H16F4N4O. The Labute approximate surface area is 185 Å². The molecule has 0 atom stereocenters. The Bertz CT molecular complexity index is 1320. The van der Waals surface area contributed by atoms with Gasteiger partial charge >= 0.3 is 0 Å². The van der Waals surface area contributed by atoms with Crippen LogP contribution in [0, 0.1) is 23.3 Å². The van der Waals surface area contributed by atoms with E-state index in [4.69, 9.17) is 5.73 Å². The highest BCUT2D eigenvalue weighted by Gasteiger charge is 2.19. The monoisotopic (exact) mass is 452 g/mol. The predicted octanol–water partition coefficient (Wildman–Crippen LogP) is 5.13. The Kier molecular flexibility index (Phi) is 6.03. The van der Waals surface area contributed by atoms with E-state index in [9.17, 15) is 22.4 Å². The molecule has 1 amide bonds. The molecule has 33 heavy (non-hydrogen) atoms. The third-order valence-electron chi connectivity index (χ3n) is 4.96. The van der Waals surface area contributed by atoms with E-state index >= 15 is 0 Å². The summed E-state index contributed by atoms with van der Waals surface area (Å²) in [7, 11) is 0. The maximum atomic E-state index is 14.3. The molecule has 0 fully saturated rings. The maximum absolute atomic E-state index is 14.3. The first-order chi connectivity index (χ1) is 15.8. The van der Waals surface area contributed by atoms with Crippen molar-refractivity contribution in [2.24, 2.45) is 5.73 Å². The Balaban J connectivity index is 1.69. The van der Waals surface area contributed by atoms with Crippen molar-refractivity contribution in [3.05, 3.63) is 107 Å². The number of halogens is 4. The Morgan fingerprint density at radius 3 is 2.12 bits per heavy atom. The quantitative estimate of drug-likeness (QED) is 0.398. The molecule has 0 spiro atoms. The smallest absolute Gasteiger partial charge is 0.249 e. The lowest BCUT2D eigenvalue weighted by molar-refractivity contribution is 0.0999. The third-order valence-corrected chi connectivity index (χ3v) is 4.96. The van der Waals surface area contributed by atoms with Crippen molar-refractivity contribution < 1.29 is 22.4 Å². The largest absolute Gasteiger partial charge is 0.366 e. The minimum absolute atomic E-state index is 0.0273. The van der Waals surface area contributed by atoms with Crippen molar-refractivity contribution in [3.63, 3.8) is 0 Å². The summed E-state index contributed by atoms with van der Waals surface area (Å²) in [5.74, 6) is -4.32. The van der Waals surface area contributed by atoms with Crippen LogP contribution >= 0.6 is 0 Å². The summed E-state index contributed by atoms with van der Waals surface area (Å²) < 4.78 is 55.3. The number of nitrogens with zero attached hydrogens (tertiary/aromatic N) is 2. The highest BCUT2D eigenvalue weighted by Crippen LogP contribution is 2.28. The lowest BCUT2D eigenvalue weighted by Gasteiger charge is -2.15. The summed E-state index contributed by atoms with van der Waals surface area (Å²) >= 11 is 0. The van der Waals surface area contributed by atoms with Gasteiger partial charge in [-0.15, -0.1) is 0 Å². The Morgan fingerprint density at radius 1 is 0.818 bits per heavy atom. The summed E-state index contributed by atoms with van der Waals surface area (Å²) in [5.41, 5.74) is 6.68. The molecule has 0 saturated heterocycles. The highest BCUT2D eigenvalue weighted by atomic mass is 19.1. The second kappa shape index (κ2) is 9.07. The van der Waals surface area contributed by atoms with Crippen LogP contribution in [0.1, 0.15) is 21.5 Å². The van der Waals surface area contributed by atoms with Crippen LogP contribution in [0.15, 0.2) is 67.0 Å². The van der Waals surface area contributed by atoms with Gasteiger partial charge in [-0.1, -0.05) is 18.2 Å². The number of benzene rings is 3. The molecule has 3 N–H and O–H groups in total. The Morgan fingerprint density at radius 2 is 1.48 bits per heavy atom. The molecule has 166 valence electrons. The van der Waals surface area contributed by atoms with E-state index in [0.29, 0.717) is 23.3 Å². The predicted molar refractivity (Wildman–Crippen MR) is 115 cm³/mol. The first-order valence-electron chi connectivity index (χ1n) is 9.72. The number of hydrogen-bond acceptors (Lipinski definition) is 4. The molecule has 0 radical (unpaired) electrons. The molecule has 3 aromatic carbocycles. The van der Waals surface area contributed by atoms with Crippen LogP contribution < -0.4 is 11.1 Å². The van der Waals surface area contributed by atoms with Gasteiger partial charge in [0.2, 0.25) is 11.9 Å². The molecular weight excluding hydrogens is 436 g/mol. The zero-order chi connectivity index (χ0) is 23.5. The van der Waals surface area contributed by atoms with Gasteiger partial charge < -0.3 is 11.1 Å². The number of hydrogen-bond donors (Lipinski definition) is 2. The number of nitrogens with two attached hydrogens (primary N) is 1. The van der Waals surface area contributed by atoms with Crippen molar-refractivity contribution in [1.82, 2.24) is 9.97 Å². The first-order valence-corrected chi connectivity index (χ1v) is 9.72. The number of carbonyl (C=O) groups is 1. The summed E-state index contributed by atoms with van der Waals surface area (Å²) in [5, 5.41) is 2.91. The fraction of sp³-hybridized carbons (Fsp3) is 0.0417. The number of nitrogens with one attached hydrogen (secondary N) is 1. The molecule has 5 nitrogen and oxygen atoms in total. The van der Waals surface area contributed by atoms with E-state index in [1.54, 1.807) is 18.2 Å². The molecule has 0 saturated carbocycles. The standard InChI is InChI=1S/C24H16F4N4O/c25-15-4-1-3-13(7-15)14-11-30-24(31-12-14)32-22-6-2-5-17(23(29)33)18(22)10-19-20(27)8-16(26)9-21(19)28/h1-9,11-12H,10H2,(H2,29,33)(H,30,31,32). The molecule has 0 aliphatic carbocycles. The summed E-state index contributed by atoms with van der Waals surface area (Å²) in [4.78, 5) is 20.3. The molecule has 4 aromatic rings. The van der Waals surface area contributed by atoms with Crippen LogP contribution in [0.5, 0.6) is 0 Å². The van der Waals surface area contributed by atoms with E-state index < -0.39 is 34.7 Å².